The molecule has 1 aromatic carbocycles. The third-order valence-electron chi connectivity index (χ3n) is 4.37. The van der Waals surface area contributed by atoms with E-state index >= 15 is 0 Å². The first kappa shape index (κ1) is 14.2. The number of hydrogen-bond donors (Lipinski definition) is 1. The van der Waals surface area contributed by atoms with E-state index in [2.05, 4.69) is 42.3 Å². The van der Waals surface area contributed by atoms with E-state index in [1.54, 1.807) is 0 Å². The van der Waals surface area contributed by atoms with Crippen LogP contribution in [0.2, 0.25) is 5.02 Å². The number of hydrogen-bond acceptors (Lipinski definition) is 3. The zero-order valence-corrected chi connectivity index (χ0v) is 13.0. The monoisotopic (exact) mass is 294 g/mol. The lowest BCUT2D eigenvalue weighted by atomic mass is 10.1. The van der Waals surface area contributed by atoms with Crippen LogP contribution < -0.4 is 10.2 Å². The second-order valence-electron chi connectivity index (χ2n) is 5.85. The highest BCUT2D eigenvalue weighted by atomic mass is 35.5. The number of nitrogens with one attached hydrogen (secondary N) is 1. The molecule has 20 heavy (non-hydrogen) atoms. The van der Waals surface area contributed by atoms with Gasteiger partial charge in [0.1, 0.15) is 0 Å². The molecule has 0 saturated carbocycles. The average molecular weight is 295 g/mol. The summed E-state index contributed by atoms with van der Waals surface area (Å²) < 4.78 is 5.89. The van der Waals surface area contributed by atoms with E-state index in [0.717, 1.165) is 24.7 Å². The third-order valence-corrected chi connectivity index (χ3v) is 4.70. The van der Waals surface area contributed by atoms with Gasteiger partial charge in [0, 0.05) is 29.8 Å². The molecule has 110 valence electrons. The van der Waals surface area contributed by atoms with Gasteiger partial charge in [-0.15, -0.1) is 0 Å². The summed E-state index contributed by atoms with van der Waals surface area (Å²) in [7, 11) is 0. The fourth-order valence-corrected chi connectivity index (χ4v) is 3.64. The summed E-state index contributed by atoms with van der Waals surface area (Å²) in [6, 6.07) is 6.75. The van der Waals surface area contributed by atoms with Gasteiger partial charge in [0.05, 0.1) is 12.2 Å². The lowest BCUT2D eigenvalue weighted by Crippen LogP contribution is -2.42. The smallest absolute Gasteiger partial charge is 0.0755 e. The average Bonchev–Trinajstić information content (AvgIpc) is 2.77. The van der Waals surface area contributed by atoms with Gasteiger partial charge in [0.2, 0.25) is 0 Å². The minimum atomic E-state index is 0.294. The fourth-order valence-electron chi connectivity index (χ4n) is 3.31. The minimum Gasteiger partial charge on any atom is -0.371 e. The van der Waals surface area contributed by atoms with E-state index in [1.165, 1.54) is 24.1 Å². The maximum atomic E-state index is 6.47. The molecule has 0 aliphatic carbocycles. The number of benzene rings is 1. The molecule has 2 fully saturated rings. The molecule has 0 radical (unpaired) electrons. The second kappa shape index (κ2) is 5.92. The van der Waals surface area contributed by atoms with Crippen LogP contribution in [0, 0.1) is 0 Å². The van der Waals surface area contributed by atoms with Crippen LogP contribution in [0.1, 0.15) is 38.3 Å². The van der Waals surface area contributed by atoms with Gasteiger partial charge in [0.15, 0.2) is 0 Å². The molecule has 2 saturated heterocycles. The number of ether oxygens (including phenoxy) is 1. The number of morpholine rings is 1. The van der Waals surface area contributed by atoms with Gasteiger partial charge in [-0.2, -0.15) is 0 Å². The Hall–Kier alpha value is -0.770. The molecule has 1 N–H and O–H groups in total. The lowest BCUT2D eigenvalue weighted by Gasteiger charge is -2.34. The summed E-state index contributed by atoms with van der Waals surface area (Å²) in [6.45, 7) is 7.21. The van der Waals surface area contributed by atoms with Gasteiger partial charge in [-0.25, -0.2) is 0 Å². The summed E-state index contributed by atoms with van der Waals surface area (Å²) >= 11 is 6.47. The largest absolute Gasteiger partial charge is 0.371 e. The number of rotatable bonds is 4. The van der Waals surface area contributed by atoms with Crippen molar-refractivity contribution >= 4 is 17.3 Å². The Morgan fingerprint density at radius 2 is 2.05 bits per heavy atom. The van der Waals surface area contributed by atoms with Gasteiger partial charge in [-0.05, 0) is 44.0 Å². The first-order chi connectivity index (χ1) is 9.67. The van der Waals surface area contributed by atoms with Gasteiger partial charge >= 0.3 is 0 Å². The SMILES string of the molecule is CCNC(C)c1ccc(N2CC3CCC(C2)O3)cc1Cl. The Balaban J connectivity index is 1.76. The first-order valence-corrected chi connectivity index (χ1v) is 7.98. The molecule has 2 heterocycles. The Morgan fingerprint density at radius 1 is 1.35 bits per heavy atom. The Labute approximate surface area is 126 Å². The lowest BCUT2D eigenvalue weighted by molar-refractivity contribution is 0.0305. The van der Waals surface area contributed by atoms with Gasteiger partial charge in [-0.3, -0.25) is 0 Å². The number of nitrogens with zero attached hydrogens (tertiary/aromatic N) is 1. The second-order valence-corrected chi connectivity index (χ2v) is 6.25. The van der Waals surface area contributed by atoms with Crippen molar-refractivity contribution in [3.05, 3.63) is 28.8 Å². The number of fused-ring (bicyclic) bond motifs is 2. The maximum Gasteiger partial charge on any atom is 0.0755 e. The van der Waals surface area contributed by atoms with Crippen molar-refractivity contribution in [2.75, 3.05) is 24.5 Å². The van der Waals surface area contributed by atoms with Crippen LogP contribution in [0.3, 0.4) is 0 Å². The summed E-state index contributed by atoms with van der Waals surface area (Å²) in [5.74, 6) is 0. The predicted molar refractivity (Wildman–Crippen MR) is 83.7 cm³/mol. The number of halogens is 1. The standard InChI is InChI=1S/C16H23ClN2O/c1-3-18-11(2)15-7-4-12(8-16(15)17)19-9-13-5-6-14(10-19)20-13/h4,7-8,11,13-14,18H,3,5-6,9-10H2,1-2H3. The molecule has 2 bridgehead atoms. The molecule has 0 spiro atoms. The Morgan fingerprint density at radius 3 is 2.65 bits per heavy atom. The van der Waals surface area contributed by atoms with Crippen molar-refractivity contribution in [2.24, 2.45) is 0 Å². The molecule has 4 heteroatoms. The molecule has 0 amide bonds. The van der Waals surface area contributed by atoms with Crippen LogP contribution >= 0.6 is 11.6 Å². The summed E-state index contributed by atoms with van der Waals surface area (Å²) in [6.07, 6.45) is 3.22. The zero-order valence-electron chi connectivity index (χ0n) is 12.2. The Bertz CT molecular complexity index is 468. The molecular formula is C16H23ClN2O. The van der Waals surface area contributed by atoms with Crippen molar-refractivity contribution in [3.63, 3.8) is 0 Å². The molecule has 0 aromatic heterocycles. The van der Waals surface area contributed by atoms with Crippen molar-refractivity contribution in [1.29, 1.82) is 0 Å². The van der Waals surface area contributed by atoms with Crippen LogP contribution in [0.25, 0.3) is 0 Å². The molecule has 3 atom stereocenters. The van der Waals surface area contributed by atoms with Crippen LogP contribution in [0.5, 0.6) is 0 Å². The van der Waals surface area contributed by atoms with Crippen LogP contribution in [0.15, 0.2) is 18.2 Å². The van der Waals surface area contributed by atoms with Crippen LogP contribution in [-0.2, 0) is 4.74 Å². The molecule has 2 aliphatic rings. The van der Waals surface area contributed by atoms with Gasteiger partial charge < -0.3 is 15.0 Å². The topological polar surface area (TPSA) is 24.5 Å². The van der Waals surface area contributed by atoms with Crippen molar-refractivity contribution < 1.29 is 4.74 Å². The predicted octanol–water partition coefficient (Wildman–Crippen LogP) is 3.38. The van der Waals surface area contributed by atoms with Crippen molar-refractivity contribution in [2.45, 2.75) is 44.9 Å². The molecule has 3 nitrogen and oxygen atoms in total. The highest BCUT2D eigenvalue weighted by Crippen LogP contribution is 2.32. The van der Waals surface area contributed by atoms with Crippen molar-refractivity contribution in [3.8, 4) is 0 Å². The fraction of sp³-hybridized carbons (Fsp3) is 0.625. The quantitative estimate of drug-likeness (QED) is 0.921. The van der Waals surface area contributed by atoms with E-state index in [1.807, 2.05) is 0 Å². The van der Waals surface area contributed by atoms with E-state index in [4.69, 9.17) is 16.3 Å². The normalized spacial score (nSPS) is 26.9. The highest BCUT2D eigenvalue weighted by molar-refractivity contribution is 6.31. The van der Waals surface area contributed by atoms with E-state index < -0.39 is 0 Å². The van der Waals surface area contributed by atoms with E-state index in [-0.39, 0.29) is 0 Å². The van der Waals surface area contributed by atoms with Gasteiger partial charge in [0.25, 0.3) is 0 Å². The van der Waals surface area contributed by atoms with Crippen LogP contribution in [-0.4, -0.2) is 31.8 Å². The zero-order chi connectivity index (χ0) is 14.1. The Kier molecular flexibility index (Phi) is 4.20. The van der Waals surface area contributed by atoms with Crippen LogP contribution in [0.4, 0.5) is 5.69 Å². The van der Waals surface area contributed by atoms with E-state index in [0.29, 0.717) is 18.2 Å². The molecule has 2 aliphatic heterocycles. The van der Waals surface area contributed by atoms with Gasteiger partial charge in [-0.1, -0.05) is 24.6 Å². The third kappa shape index (κ3) is 2.80. The highest BCUT2D eigenvalue weighted by Gasteiger charge is 2.33. The summed E-state index contributed by atoms with van der Waals surface area (Å²) in [5, 5.41) is 4.26. The molecule has 3 unspecified atom stereocenters. The maximum absolute atomic E-state index is 6.47. The summed E-state index contributed by atoms with van der Waals surface area (Å²) in [5.41, 5.74) is 2.40. The number of anilines is 1. The molecular weight excluding hydrogens is 272 g/mol. The van der Waals surface area contributed by atoms with E-state index in [9.17, 15) is 0 Å². The minimum absolute atomic E-state index is 0.294. The molecule has 3 rings (SSSR count). The first-order valence-electron chi connectivity index (χ1n) is 7.60. The molecule has 1 aromatic rings. The summed E-state index contributed by atoms with van der Waals surface area (Å²) in [4.78, 5) is 2.42. The van der Waals surface area contributed by atoms with Crippen molar-refractivity contribution in [1.82, 2.24) is 5.32 Å².